The predicted molar refractivity (Wildman–Crippen MR) is 195 cm³/mol. The van der Waals surface area contributed by atoms with Gasteiger partial charge in [-0.05, 0) is 59.6 Å². The second kappa shape index (κ2) is 17.0. The molecule has 0 radical (unpaired) electrons. The van der Waals surface area contributed by atoms with Gasteiger partial charge in [-0.25, -0.2) is 9.59 Å². The Morgan fingerprint density at radius 1 is 1.04 bits per heavy atom. The Balaban J connectivity index is 3.56. The minimum Gasteiger partial charge on any atom is -0.462 e. The highest BCUT2D eigenvalue weighted by Gasteiger charge is 2.53. The molecule has 0 aromatic carbocycles. The SMILES string of the molecule is BC(C)(CC)C(CC(C)(C)C(C)(N)C(COC(=O)C=C)CC(C)(C)C(C)(C)C(CC(C)(C)C)OCCC#N)C(=O)OC(=O)C1CCC(=O)N1. The summed E-state index contributed by atoms with van der Waals surface area (Å²) in [6.07, 6.45) is 4.02. The maximum atomic E-state index is 13.8. The van der Waals surface area contributed by atoms with Crippen LogP contribution in [0.5, 0.6) is 0 Å². The number of nitrogens with zero attached hydrogens (tertiary/aromatic N) is 1. The average molecular weight is 688 g/mol. The zero-order chi connectivity index (χ0) is 38.2. The van der Waals surface area contributed by atoms with E-state index in [0.29, 0.717) is 32.3 Å². The van der Waals surface area contributed by atoms with Crippen molar-refractivity contribution in [2.45, 2.75) is 151 Å². The quantitative estimate of drug-likeness (QED) is 0.0561. The van der Waals surface area contributed by atoms with Crippen LogP contribution < -0.4 is 11.1 Å². The standard InChI is InChI=1S/C38H66BN3O7/c1-14-30(44)48-24-25(21-34(6,7)36(10,11)28(23-33(3,4)5)47-20-16-19-40)38(13,41)35(8,9)22-26(37(12,39)15-2)31(45)49-32(46)27-17-18-29(43)42-27/h14,25-28H,1,15-18,20-24,39,41H2,2-13H3,(H,42,43). The molecule has 0 saturated carbocycles. The van der Waals surface area contributed by atoms with Gasteiger partial charge in [-0.15, -0.1) is 0 Å². The molecule has 1 amide bonds. The summed E-state index contributed by atoms with van der Waals surface area (Å²) in [5, 5.41) is 11.2. The van der Waals surface area contributed by atoms with Crippen LogP contribution in [0.4, 0.5) is 0 Å². The van der Waals surface area contributed by atoms with Crippen LogP contribution >= 0.6 is 0 Å². The Kier molecular flexibility index (Phi) is 15.4. The van der Waals surface area contributed by atoms with Crippen molar-refractivity contribution in [3.8, 4) is 6.07 Å². The number of rotatable bonds is 19. The summed E-state index contributed by atoms with van der Waals surface area (Å²) in [4.78, 5) is 50.7. The summed E-state index contributed by atoms with van der Waals surface area (Å²) in [6.45, 7) is 29.1. The summed E-state index contributed by atoms with van der Waals surface area (Å²) in [7, 11) is 1.97. The monoisotopic (exact) mass is 687 g/mol. The predicted octanol–water partition coefficient (Wildman–Crippen LogP) is 5.83. The topological polar surface area (TPSA) is 158 Å². The van der Waals surface area contributed by atoms with Crippen LogP contribution in [0.25, 0.3) is 0 Å². The first-order valence-electron chi connectivity index (χ1n) is 17.8. The van der Waals surface area contributed by atoms with E-state index in [1.165, 1.54) is 0 Å². The van der Waals surface area contributed by atoms with Crippen molar-refractivity contribution in [1.29, 1.82) is 5.26 Å². The Morgan fingerprint density at radius 3 is 2.10 bits per heavy atom. The van der Waals surface area contributed by atoms with Crippen molar-refractivity contribution >= 4 is 31.7 Å². The molecule has 6 unspecified atom stereocenters. The number of nitrogens with two attached hydrogens (primary N) is 1. The third-order valence-electron chi connectivity index (χ3n) is 11.9. The second-order valence-corrected chi connectivity index (χ2v) is 18.0. The number of nitriles is 1. The van der Waals surface area contributed by atoms with Gasteiger partial charge in [-0.3, -0.25) is 9.59 Å². The number of carbonyl (C=O) groups excluding carboxylic acids is 4. The van der Waals surface area contributed by atoms with Gasteiger partial charge in [0.1, 0.15) is 13.9 Å². The van der Waals surface area contributed by atoms with E-state index in [-0.39, 0.29) is 42.8 Å². The molecule has 1 aliphatic rings. The van der Waals surface area contributed by atoms with Crippen molar-refractivity contribution in [3.05, 3.63) is 12.7 Å². The molecule has 6 atom stereocenters. The number of amides is 1. The number of carbonyl (C=O) groups is 4. The molecule has 0 bridgehead atoms. The van der Waals surface area contributed by atoms with Crippen LogP contribution in [0.3, 0.4) is 0 Å². The Bertz CT molecular complexity index is 1230. The van der Waals surface area contributed by atoms with Gasteiger partial charge in [0.15, 0.2) is 0 Å². The van der Waals surface area contributed by atoms with Crippen molar-refractivity contribution in [2.24, 2.45) is 39.2 Å². The van der Waals surface area contributed by atoms with E-state index >= 15 is 0 Å². The van der Waals surface area contributed by atoms with E-state index in [2.05, 4.69) is 66.4 Å². The minimum absolute atomic E-state index is 0.0334. The molecule has 1 fully saturated rings. The van der Waals surface area contributed by atoms with Gasteiger partial charge in [-0.2, -0.15) is 5.26 Å². The highest BCUT2D eigenvalue weighted by atomic mass is 16.6. The molecule has 1 saturated heterocycles. The highest BCUT2D eigenvalue weighted by Crippen LogP contribution is 2.53. The van der Waals surface area contributed by atoms with E-state index < -0.39 is 57.0 Å². The first-order chi connectivity index (χ1) is 22.2. The van der Waals surface area contributed by atoms with Gasteiger partial charge < -0.3 is 25.3 Å². The van der Waals surface area contributed by atoms with Crippen LogP contribution in [-0.4, -0.2) is 62.6 Å². The average Bonchev–Trinajstić information content (AvgIpc) is 3.42. The van der Waals surface area contributed by atoms with Crippen LogP contribution in [0.15, 0.2) is 12.7 Å². The van der Waals surface area contributed by atoms with E-state index in [1.54, 1.807) is 0 Å². The van der Waals surface area contributed by atoms with Gasteiger partial charge in [0, 0.05) is 24.0 Å². The third-order valence-corrected chi connectivity index (χ3v) is 11.9. The fraction of sp³-hybridized carbons (Fsp3) is 0.816. The van der Waals surface area contributed by atoms with Gasteiger partial charge in [-0.1, -0.05) is 89.2 Å². The Morgan fingerprint density at radius 2 is 1.63 bits per heavy atom. The molecule has 0 aliphatic carbocycles. The van der Waals surface area contributed by atoms with Crippen LogP contribution in [-0.2, 0) is 33.4 Å². The lowest BCUT2D eigenvalue weighted by atomic mass is 9.52. The zero-order valence-electron chi connectivity index (χ0n) is 32.8. The maximum Gasteiger partial charge on any atom is 0.336 e. The summed E-state index contributed by atoms with van der Waals surface area (Å²) >= 11 is 0. The molecular formula is C38H66BN3O7. The smallest absolute Gasteiger partial charge is 0.336 e. The fourth-order valence-corrected chi connectivity index (χ4v) is 6.57. The number of hydrogen-bond acceptors (Lipinski definition) is 9. The van der Waals surface area contributed by atoms with Crippen LogP contribution in [0.1, 0.15) is 128 Å². The largest absolute Gasteiger partial charge is 0.462 e. The summed E-state index contributed by atoms with van der Waals surface area (Å²) < 4.78 is 17.5. The van der Waals surface area contributed by atoms with Gasteiger partial charge in [0.2, 0.25) is 5.91 Å². The maximum absolute atomic E-state index is 13.8. The molecule has 0 aromatic rings. The number of nitrogens with one attached hydrogen (secondary N) is 1. The van der Waals surface area contributed by atoms with Crippen molar-refractivity contribution in [3.63, 3.8) is 0 Å². The van der Waals surface area contributed by atoms with E-state index in [1.807, 2.05) is 42.5 Å². The number of esters is 3. The van der Waals surface area contributed by atoms with E-state index in [0.717, 1.165) is 12.5 Å². The van der Waals surface area contributed by atoms with Crippen LogP contribution in [0, 0.1) is 44.8 Å². The lowest BCUT2D eigenvalue weighted by Gasteiger charge is -2.54. The lowest BCUT2D eigenvalue weighted by Crippen LogP contribution is -2.60. The Labute approximate surface area is 297 Å². The van der Waals surface area contributed by atoms with Gasteiger partial charge in [0.05, 0.1) is 37.7 Å². The summed E-state index contributed by atoms with van der Waals surface area (Å²) in [5.74, 6) is -3.24. The van der Waals surface area contributed by atoms with Crippen LogP contribution in [0.2, 0.25) is 5.31 Å². The molecule has 10 nitrogen and oxygen atoms in total. The van der Waals surface area contributed by atoms with Crippen molar-refractivity contribution in [1.82, 2.24) is 5.32 Å². The number of hydrogen-bond donors (Lipinski definition) is 2. The van der Waals surface area contributed by atoms with Gasteiger partial charge >= 0.3 is 17.9 Å². The van der Waals surface area contributed by atoms with Crippen molar-refractivity contribution in [2.75, 3.05) is 13.2 Å². The molecule has 1 rings (SSSR count). The third kappa shape index (κ3) is 11.9. The number of ether oxygens (including phenoxy) is 3. The fourth-order valence-electron chi connectivity index (χ4n) is 6.57. The molecule has 0 spiro atoms. The second-order valence-electron chi connectivity index (χ2n) is 18.0. The summed E-state index contributed by atoms with van der Waals surface area (Å²) in [6, 6.07) is 1.34. The molecule has 278 valence electrons. The molecule has 11 heteroatoms. The zero-order valence-corrected chi connectivity index (χ0v) is 32.8. The van der Waals surface area contributed by atoms with Gasteiger partial charge in [0.25, 0.3) is 0 Å². The first kappa shape index (κ1) is 44.3. The van der Waals surface area contributed by atoms with Crippen molar-refractivity contribution < 1.29 is 33.4 Å². The molecule has 3 N–H and O–H groups in total. The molecular weight excluding hydrogens is 621 g/mol. The van der Waals surface area contributed by atoms with E-state index in [4.69, 9.17) is 19.9 Å². The normalized spacial score (nSPS) is 20.1. The first-order valence-corrected chi connectivity index (χ1v) is 17.8. The van der Waals surface area contributed by atoms with E-state index in [9.17, 15) is 24.4 Å². The lowest BCUT2D eigenvalue weighted by molar-refractivity contribution is -0.166. The summed E-state index contributed by atoms with van der Waals surface area (Å²) in [5.41, 5.74) is 4.83. The Hall–Kier alpha value is -2.71. The highest BCUT2D eigenvalue weighted by molar-refractivity contribution is 6.17. The molecule has 0 aromatic heterocycles. The molecule has 1 heterocycles. The molecule has 1 aliphatic heterocycles. The minimum atomic E-state index is -0.991. The molecule has 49 heavy (non-hydrogen) atoms.